The predicted molar refractivity (Wildman–Crippen MR) is 102 cm³/mol. The van der Waals surface area contributed by atoms with Crippen molar-refractivity contribution < 1.29 is 4.92 Å². The fourth-order valence-corrected chi connectivity index (χ4v) is 3.29. The van der Waals surface area contributed by atoms with Gasteiger partial charge < -0.3 is 5.32 Å². The van der Waals surface area contributed by atoms with Crippen molar-refractivity contribution in [3.05, 3.63) is 61.7 Å². The molecule has 1 N–H and O–H groups in total. The van der Waals surface area contributed by atoms with Gasteiger partial charge in [-0.2, -0.15) is 0 Å². The molecule has 0 saturated carbocycles. The van der Waals surface area contributed by atoms with E-state index >= 15 is 0 Å². The Morgan fingerprint density at radius 3 is 2.46 bits per heavy atom. The number of nitrogens with one attached hydrogen (secondary N) is 1. The molecule has 134 valence electrons. The minimum atomic E-state index is -0.419. The van der Waals surface area contributed by atoms with Gasteiger partial charge in [0.2, 0.25) is 0 Å². The van der Waals surface area contributed by atoms with E-state index in [2.05, 4.69) is 27.2 Å². The molecule has 0 aliphatic heterocycles. The maximum Gasteiger partial charge on any atom is 0.269 e. The number of nitro groups is 1. The second kappa shape index (κ2) is 7.57. The molecule has 8 heteroatoms. The summed E-state index contributed by atoms with van der Waals surface area (Å²) < 4.78 is 0. The van der Waals surface area contributed by atoms with Crippen molar-refractivity contribution in [3.8, 4) is 11.4 Å². The predicted octanol–water partition coefficient (Wildman–Crippen LogP) is 4.30. The van der Waals surface area contributed by atoms with Crippen LogP contribution in [-0.4, -0.2) is 19.9 Å². The van der Waals surface area contributed by atoms with Gasteiger partial charge in [0.1, 0.15) is 10.8 Å². The van der Waals surface area contributed by atoms with Gasteiger partial charge in [0.15, 0.2) is 5.82 Å². The van der Waals surface area contributed by atoms with Crippen molar-refractivity contribution in [2.45, 2.75) is 33.7 Å². The highest BCUT2D eigenvalue weighted by molar-refractivity contribution is 7.11. The molecule has 0 radical (unpaired) electrons. The number of aromatic nitrogens is 3. The summed E-state index contributed by atoms with van der Waals surface area (Å²) in [6.45, 7) is 6.68. The van der Waals surface area contributed by atoms with Gasteiger partial charge in [0, 0.05) is 34.3 Å². The number of hydrogen-bond acceptors (Lipinski definition) is 7. The zero-order chi connectivity index (χ0) is 18.7. The smallest absolute Gasteiger partial charge is 0.269 e. The molecule has 0 spiro atoms. The first-order valence-electron chi connectivity index (χ1n) is 8.26. The maximum atomic E-state index is 10.8. The van der Waals surface area contributed by atoms with Crippen LogP contribution in [0.1, 0.15) is 28.2 Å². The fraction of sp³-hybridized carbons (Fsp3) is 0.278. The van der Waals surface area contributed by atoms with Crippen molar-refractivity contribution in [1.82, 2.24) is 15.0 Å². The second-order valence-corrected chi connectivity index (χ2v) is 7.12. The van der Waals surface area contributed by atoms with E-state index in [9.17, 15) is 10.1 Å². The zero-order valence-electron chi connectivity index (χ0n) is 14.8. The van der Waals surface area contributed by atoms with Crippen LogP contribution in [0.15, 0.2) is 30.3 Å². The molecule has 0 unspecified atom stereocenters. The minimum Gasteiger partial charge on any atom is -0.363 e. The summed E-state index contributed by atoms with van der Waals surface area (Å²) in [6, 6.07) is 8.19. The summed E-state index contributed by atoms with van der Waals surface area (Å²) >= 11 is 1.67. The third-order valence-electron chi connectivity index (χ3n) is 3.97. The molecule has 0 amide bonds. The Labute approximate surface area is 155 Å². The van der Waals surface area contributed by atoms with Crippen LogP contribution < -0.4 is 5.32 Å². The van der Waals surface area contributed by atoms with Crippen molar-refractivity contribution in [1.29, 1.82) is 0 Å². The lowest BCUT2D eigenvalue weighted by Gasteiger charge is -2.08. The second-order valence-electron chi connectivity index (χ2n) is 5.83. The number of thiazole rings is 1. The summed E-state index contributed by atoms with van der Waals surface area (Å²) in [5.74, 6) is 1.27. The summed E-state index contributed by atoms with van der Waals surface area (Å²) in [5.41, 5.74) is 2.75. The van der Waals surface area contributed by atoms with Gasteiger partial charge in [0.25, 0.3) is 5.69 Å². The molecule has 0 atom stereocenters. The Morgan fingerprint density at radius 2 is 1.88 bits per heavy atom. The lowest BCUT2D eigenvalue weighted by molar-refractivity contribution is -0.384. The zero-order valence-corrected chi connectivity index (χ0v) is 15.6. The van der Waals surface area contributed by atoms with Crippen molar-refractivity contribution >= 4 is 22.8 Å². The molecule has 2 heterocycles. The monoisotopic (exact) mass is 369 g/mol. The average Bonchev–Trinajstić information content (AvgIpc) is 2.97. The van der Waals surface area contributed by atoms with Gasteiger partial charge in [-0.3, -0.25) is 10.1 Å². The molecule has 3 aromatic rings. The number of aryl methyl sites for hydroxylation is 3. The van der Waals surface area contributed by atoms with Gasteiger partial charge in [-0.25, -0.2) is 15.0 Å². The molecule has 0 fully saturated rings. The van der Waals surface area contributed by atoms with Crippen LogP contribution in [0.2, 0.25) is 0 Å². The van der Waals surface area contributed by atoms with Crippen LogP contribution in [0.4, 0.5) is 11.5 Å². The maximum absolute atomic E-state index is 10.8. The largest absolute Gasteiger partial charge is 0.363 e. The van der Waals surface area contributed by atoms with E-state index < -0.39 is 4.92 Å². The summed E-state index contributed by atoms with van der Waals surface area (Å²) in [4.78, 5) is 25.2. The highest BCUT2D eigenvalue weighted by atomic mass is 32.1. The van der Waals surface area contributed by atoms with Crippen molar-refractivity contribution in [2.75, 3.05) is 5.32 Å². The Morgan fingerprint density at radius 1 is 1.15 bits per heavy atom. The number of hydrogen-bond donors (Lipinski definition) is 1. The molecule has 0 aliphatic rings. The Bertz CT molecular complexity index is 918. The van der Waals surface area contributed by atoms with Crippen LogP contribution in [-0.2, 0) is 13.0 Å². The van der Waals surface area contributed by atoms with Gasteiger partial charge >= 0.3 is 0 Å². The van der Waals surface area contributed by atoms with E-state index in [1.807, 2.05) is 19.9 Å². The molecule has 2 aromatic heterocycles. The molecule has 0 bridgehead atoms. The van der Waals surface area contributed by atoms with E-state index in [4.69, 9.17) is 0 Å². The van der Waals surface area contributed by atoms with Gasteiger partial charge in [0.05, 0.1) is 17.2 Å². The van der Waals surface area contributed by atoms with Gasteiger partial charge in [-0.1, -0.05) is 6.92 Å². The number of non-ortho nitro benzene ring substituents is 1. The van der Waals surface area contributed by atoms with E-state index in [1.165, 1.54) is 17.0 Å². The number of nitro benzene ring substituents is 1. The van der Waals surface area contributed by atoms with Crippen LogP contribution in [0, 0.1) is 24.0 Å². The fourth-order valence-electron chi connectivity index (χ4n) is 2.41. The Kier molecular flexibility index (Phi) is 5.22. The van der Waals surface area contributed by atoms with Crippen molar-refractivity contribution in [3.63, 3.8) is 0 Å². The van der Waals surface area contributed by atoms with E-state index in [0.717, 1.165) is 34.2 Å². The minimum absolute atomic E-state index is 0.0493. The van der Waals surface area contributed by atoms with Gasteiger partial charge in [-0.05, 0) is 32.4 Å². The Balaban J connectivity index is 1.84. The highest BCUT2D eigenvalue weighted by Gasteiger charge is 2.10. The summed E-state index contributed by atoms with van der Waals surface area (Å²) in [5, 5.41) is 15.1. The third kappa shape index (κ3) is 4.02. The summed E-state index contributed by atoms with van der Waals surface area (Å²) in [6.07, 6.45) is 0.770. The van der Waals surface area contributed by atoms with E-state index in [1.54, 1.807) is 23.5 Å². The standard InChI is InChI=1S/C18H19N5O2S/c1-4-14-9-16(19-10-17-20-11(2)12(3)26-17)22-18(21-14)13-5-7-15(8-6-13)23(24)25/h5-9H,4,10H2,1-3H3,(H,19,21,22). The molecule has 3 rings (SSSR count). The van der Waals surface area contributed by atoms with Crippen molar-refractivity contribution in [2.24, 2.45) is 0 Å². The highest BCUT2D eigenvalue weighted by Crippen LogP contribution is 2.22. The molecule has 0 saturated heterocycles. The quantitative estimate of drug-likeness (QED) is 0.514. The Hall–Kier alpha value is -2.87. The summed E-state index contributed by atoms with van der Waals surface area (Å²) in [7, 11) is 0. The molecular formula is C18H19N5O2S. The average molecular weight is 369 g/mol. The molecular weight excluding hydrogens is 350 g/mol. The molecule has 1 aromatic carbocycles. The number of rotatable bonds is 6. The third-order valence-corrected chi connectivity index (χ3v) is 5.04. The number of benzene rings is 1. The first-order chi connectivity index (χ1) is 12.5. The molecule has 0 aliphatic carbocycles. The lowest BCUT2D eigenvalue weighted by Crippen LogP contribution is -2.05. The van der Waals surface area contributed by atoms with Crippen LogP contribution in [0.25, 0.3) is 11.4 Å². The van der Waals surface area contributed by atoms with Crippen LogP contribution in [0.5, 0.6) is 0 Å². The molecule has 7 nitrogen and oxygen atoms in total. The SMILES string of the molecule is CCc1cc(NCc2nc(C)c(C)s2)nc(-c2ccc([N+](=O)[O-])cc2)n1. The number of nitrogens with zero attached hydrogens (tertiary/aromatic N) is 4. The first kappa shape index (κ1) is 17.9. The van der Waals surface area contributed by atoms with Crippen LogP contribution in [0.3, 0.4) is 0 Å². The first-order valence-corrected chi connectivity index (χ1v) is 9.07. The molecule has 26 heavy (non-hydrogen) atoms. The van der Waals surface area contributed by atoms with Crippen LogP contribution >= 0.6 is 11.3 Å². The van der Waals surface area contributed by atoms with Gasteiger partial charge in [-0.15, -0.1) is 11.3 Å². The van der Waals surface area contributed by atoms with E-state index in [0.29, 0.717) is 12.4 Å². The van der Waals surface area contributed by atoms with E-state index in [-0.39, 0.29) is 5.69 Å². The lowest BCUT2D eigenvalue weighted by atomic mass is 10.2. The topological polar surface area (TPSA) is 93.8 Å². The number of anilines is 1. The normalized spacial score (nSPS) is 10.7.